The first-order chi connectivity index (χ1) is 9.74. The SMILES string of the molecule is CCN(Cc1cccc(C)n1)C(CN)c1ccncc1. The van der Waals surface area contributed by atoms with E-state index in [2.05, 4.69) is 33.9 Å². The zero-order valence-corrected chi connectivity index (χ0v) is 12.2. The molecule has 0 saturated heterocycles. The molecule has 0 spiro atoms. The van der Waals surface area contributed by atoms with E-state index in [9.17, 15) is 0 Å². The molecule has 0 radical (unpaired) electrons. The highest BCUT2D eigenvalue weighted by molar-refractivity contribution is 5.17. The highest BCUT2D eigenvalue weighted by Gasteiger charge is 2.18. The smallest absolute Gasteiger partial charge is 0.0547 e. The molecule has 1 unspecified atom stereocenters. The number of aromatic nitrogens is 2. The number of likely N-dealkylation sites (N-methyl/N-ethyl adjacent to an activating group) is 1. The van der Waals surface area contributed by atoms with Gasteiger partial charge in [-0.2, -0.15) is 0 Å². The largest absolute Gasteiger partial charge is 0.329 e. The van der Waals surface area contributed by atoms with Gasteiger partial charge in [0.15, 0.2) is 0 Å². The summed E-state index contributed by atoms with van der Waals surface area (Å²) in [6.45, 7) is 6.49. The lowest BCUT2D eigenvalue weighted by Crippen LogP contribution is -2.33. The van der Waals surface area contributed by atoms with Gasteiger partial charge >= 0.3 is 0 Å². The highest BCUT2D eigenvalue weighted by Crippen LogP contribution is 2.20. The zero-order chi connectivity index (χ0) is 14.4. The second-order valence-electron chi connectivity index (χ2n) is 4.87. The maximum Gasteiger partial charge on any atom is 0.0547 e. The standard InChI is InChI=1S/C16H22N4/c1-3-20(12-15-6-4-5-13(2)19-15)16(11-17)14-7-9-18-10-8-14/h4-10,16H,3,11-12,17H2,1-2H3. The predicted molar refractivity (Wildman–Crippen MR) is 81.1 cm³/mol. The third kappa shape index (κ3) is 3.62. The van der Waals surface area contributed by atoms with Crippen LogP contribution in [0.1, 0.15) is 29.9 Å². The van der Waals surface area contributed by atoms with Crippen LogP contribution in [-0.2, 0) is 6.54 Å². The van der Waals surface area contributed by atoms with Crippen LogP contribution in [0.2, 0.25) is 0 Å². The van der Waals surface area contributed by atoms with Crippen molar-refractivity contribution in [2.75, 3.05) is 13.1 Å². The van der Waals surface area contributed by atoms with Crippen LogP contribution in [0.5, 0.6) is 0 Å². The molecule has 0 amide bonds. The van der Waals surface area contributed by atoms with Gasteiger partial charge in [-0.1, -0.05) is 13.0 Å². The number of aryl methyl sites for hydroxylation is 1. The van der Waals surface area contributed by atoms with Crippen molar-refractivity contribution in [1.82, 2.24) is 14.9 Å². The topological polar surface area (TPSA) is 55.0 Å². The van der Waals surface area contributed by atoms with E-state index in [1.807, 2.05) is 37.5 Å². The van der Waals surface area contributed by atoms with E-state index >= 15 is 0 Å². The van der Waals surface area contributed by atoms with E-state index in [0.29, 0.717) is 6.54 Å². The third-order valence-electron chi connectivity index (χ3n) is 3.47. The molecule has 0 saturated carbocycles. The summed E-state index contributed by atoms with van der Waals surface area (Å²) in [5.74, 6) is 0. The molecule has 0 aliphatic rings. The normalized spacial score (nSPS) is 12.6. The van der Waals surface area contributed by atoms with Crippen LogP contribution < -0.4 is 5.73 Å². The Balaban J connectivity index is 2.18. The molecule has 2 N–H and O–H groups in total. The Morgan fingerprint density at radius 1 is 1.20 bits per heavy atom. The van der Waals surface area contributed by atoms with E-state index in [4.69, 9.17) is 5.73 Å². The molecule has 1 atom stereocenters. The monoisotopic (exact) mass is 270 g/mol. The first-order valence-electron chi connectivity index (χ1n) is 7.01. The molecule has 4 heteroatoms. The van der Waals surface area contributed by atoms with Gasteiger partial charge in [0, 0.05) is 37.2 Å². The maximum atomic E-state index is 5.98. The van der Waals surface area contributed by atoms with Crippen molar-refractivity contribution in [2.45, 2.75) is 26.4 Å². The molecule has 2 aromatic heterocycles. The number of nitrogens with zero attached hydrogens (tertiary/aromatic N) is 3. The number of hydrogen-bond acceptors (Lipinski definition) is 4. The maximum absolute atomic E-state index is 5.98. The van der Waals surface area contributed by atoms with Gasteiger partial charge in [-0.15, -0.1) is 0 Å². The van der Waals surface area contributed by atoms with Crippen LogP contribution in [0.4, 0.5) is 0 Å². The van der Waals surface area contributed by atoms with Crippen molar-refractivity contribution in [3.05, 3.63) is 59.7 Å². The molecular formula is C16H22N4. The lowest BCUT2D eigenvalue weighted by Gasteiger charge is -2.29. The van der Waals surface area contributed by atoms with Crippen molar-refractivity contribution >= 4 is 0 Å². The van der Waals surface area contributed by atoms with Crippen molar-refractivity contribution in [1.29, 1.82) is 0 Å². The van der Waals surface area contributed by atoms with Gasteiger partial charge < -0.3 is 5.73 Å². The van der Waals surface area contributed by atoms with Crippen molar-refractivity contribution in [3.63, 3.8) is 0 Å². The van der Waals surface area contributed by atoms with Crippen molar-refractivity contribution in [3.8, 4) is 0 Å². The second-order valence-corrected chi connectivity index (χ2v) is 4.87. The molecule has 106 valence electrons. The molecule has 0 fully saturated rings. The minimum Gasteiger partial charge on any atom is -0.329 e. The summed E-state index contributed by atoms with van der Waals surface area (Å²) >= 11 is 0. The number of nitrogens with two attached hydrogens (primary N) is 1. The fourth-order valence-corrected chi connectivity index (χ4v) is 2.42. The fraction of sp³-hybridized carbons (Fsp3) is 0.375. The Morgan fingerprint density at radius 3 is 2.55 bits per heavy atom. The molecule has 2 rings (SSSR count). The highest BCUT2D eigenvalue weighted by atomic mass is 15.2. The summed E-state index contributed by atoms with van der Waals surface area (Å²) in [6.07, 6.45) is 3.63. The van der Waals surface area contributed by atoms with Crippen LogP contribution in [-0.4, -0.2) is 28.0 Å². The van der Waals surface area contributed by atoms with Crippen LogP contribution in [0, 0.1) is 6.92 Å². The quantitative estimate of drug-likeness (QED) is 0.875. The van der Waals surface area contributed by atoms with Crippen LogP contribution in [0.25, 0.3) is 0 Å². The molecule has 0 bridgehead atoms. The minimum absolute atomic E-state index is 0.199. The molecular weight excluding hydrogens is 248 g/mol. The molecule has 0 aliphatic heterocycles. The zero-order valence-electron chi connectivity index (χ0n) is 12.2. The fourth-order valence-electron chi connectivity index (χ4n) is 2.42. The number of pyridine rings is 2. The van der Waals surface area contributed by atoms with Gasteiger partial charge in [0.2, 0.25) is 0 Å². The molecule has 2 aromatic rings. The average molecular weight is 270 g/mol. The Bertz CT molecular complexity index is 527. The van der Waals surface area contributed by atoms with Gasteiger partial charge in [-0.25, -0.2) is 0 Å². The van der Waals surface area contributed by atoms with Gasteiger partial charge in [-0.05, 0) is 43.3 Å². The van der Waals surface area contributed by atoms with Gasteiger partial charge in [-0.3, -0.25) is 14.9 Å². The Hall–Kier alpha value is -1.78. The van der Waals surface area contributed by atoms with Gasteiger partial charge in [0.05, 0.1) is 5.69 Å². The summed E-state index contributed by atoms with van der Waals surface area (Å²) in [5, 5.41) is 0. The summed E-state index contributed by atoms with van der Waals surface area (Å²) in [6, 6.07) is 10.4. The van der Waals surface area contributed by atoms with E-state index < -0.39 is 0 Å². The van der Waals surface area contributed by atoms with Crippen molar-refractivity contribution in [2.24, 2.45) is 5.73 Å². The van der Waals surface area contributed by atoms with E-state index in [1.165, 1.54) is 5.56 Å². The molecule has 0 aromatic carbocycles. The third-order valence-corrected chi connectivity index (χ3v) is 3.47. The summed E-state index contributed by atoms with van der Waals surface area (Å²) in [5.41, 5.74) is 9.32. The average Bonchev–Trinajstić information content (AvgIpc) is 2.48. The lowest BCUT2D eigenvalue weighted by molar-refractivity contribution is 0.201. The molecule has 0 aliphatic carbocycles. The van der Waals surface area contributed by atoms with Crippen LogP contribution >= 0.6 is 0 Å². The molecule has 2 heterocycles. The predicted octanol–water partition coefficient (Wildman–Crippen LogP) is 2.31. The first kappa shape index (κ1) is 14.6. The minimum atomic E-state index is 0.199. The Labute approximate surface area is 120 Å². The van der Waals surface area contributed by atoms with Gasteiger partial charge in [0.1, 0.15) is 0 Å². The summed E-state index contributed by atoms with van der Waals surface area (Å²) < 4.78 is 0. The molecule has 20 heavy (non-hydrogen) atoms. The van der Waals surface area contributed by atoms with E-state index in [0.717, 1.165) is 24.5 Å². The van der Waals surface area contributed by atoms with E-state index in [1.54, 1.807) is 0 Å². The molecule has 4 nitrogen and oxygen atoms in total. The van der Waals surface area contributed by atoms with Crippen LogP contribution in [0.3, 0.4) is 0 Å². The Morgan fingerprint density at radius 2 is 1.95 bits per heavy atom. The second kappa shape index (κ2) is 7.12. The van der Waals surface area contributed by atoms with Crippen molar-refractivity contribution < 1.29 is 0 Å². The van der Waals surface area contributed by atoms with Gasteiger partial charge in [0.25, 0.3) is 0 Å². The first-order valence-corrected chi connectivity index (χ1v) is 7.01. The van der Waals surface area contributed by atoms with E-state index in [-0.39, 0.29) is 6.04 Å². The van der Waals surface area contributed by atoms with Crippen LogP contribution in [0.15, 0.2) is 42.7 Å². The lowest BCUT2D eigenvalue weighted by atomic mass is 10.1. The summed E-state index contributed by atoms with van der Waals surface area (Å²) in [7, 11) is 0. The number of hydrogen-bond donors (Lipinski definition) is 1. The summed E-state index contributed by atoms with van der Waals surface area (Å²) in [4.78, 5) is 11.0. The number of rotatable bonds is 6. The Kier molecular flexibility index (Phi) is 5.21.